The molecule has 0 aliphatic rings. The molecule has 0 unspecified atom stereocenters. The van der Waals surface area contributed by atoms with Crippen molar-refractivity contribution in [1.82, 2.24) is 30.0 Å². The molecule has 0 N–H and O–H groups in total. The van der Waals surface area contributed by atoms with Gasteiger partial charge in [0, 0.05) is 0 Å². The van der Waals surface area contributed by atoms with Gasteiger partial charge in [-0.05, 0) is 50.1 Å². The van der Waals surface area contributed by atoms with E-state index in [4.69, 9.17) is 0 Å². The van der Waals surface area contributed by atoms with Gasteiger partial charge in [-0.15, -0.1) is 22.8 Å². The van der Waals surface area contributed by atoms with E-state index in [9.17, 15) is 0 Å². The van der Waals surface area contributed by atoms with E-state index in [1.54, 1.807) is 15.7 Å². The highest BCUT2D eigenvalue weighted by Gasteiger charge is 2.17. The Morgan fingerprint density at radius 3 is 2.64 bits per heavy atom. The molecule has 1 aromatic carbocycles. The number of aromatic nitrogens is 6. The van der Waals surface area contributed by atoms with Crippen molar-refractivity contribution in [1.29, 1.82) is 0 Å². The van der Waals surface area contributed by atoms with Gasteiger partial charge in [-0.2, -0.15) is 9.90 Å². The molecule has 22 heavy (non-hydrogen) atoms. The second kappa shape index (κ2) is 5.57. The minimum Gasteiger partial charge on any atom is -0.226 e. The van der Waals surface area contributed by atoms with Gasteiger partial charge in [0.2, 0.25) is 5.82 Å². The Labute approximate surface area is 134 Å². The van der Waals surface area contributed by atoms with Crippen LogP contribution in [0.5, 0.6) is 0 Å². The lowest BCUT2D eigenvalue weighted by atomic mass is 10.1. The van der Waals surface area contributed by atoms with E-state index in [-0.39, 0.29) is 6.04 Å². The van der Waals surface area contributed by atoms with Crippen LogP contribution in [0.15, 0.2) is 29.4 Å². The van der Waals surface area contributed by atoms with Crippen LogP contribution >= 0.6 is 12.6 Å². The zero-order chi connectivity index (χ0) is 15.9. The SMILES string of the molecule is Cc1ccc(C)c(-n2ncc(-c3nnn(C(C)C)n3)c2S)c1. The van der Waals surface area contributed by atoms with Crippen molar-refractivity contribution in [3.63, 3.8) is 0 Å². The summed E-state index contributed by atoms with van der Waals surface area (Å²) in [6, 6.07) is 6.41. The van der Waals surface area contributed by atoms with E-state index in [1.165, 1.54) is 5.56 Å². The van der Waals surface area contributed by atoms with Gasteiger partial charge in [-0.3, -0.25) is 0 Å². The van der Waals surface area contributed by atoms with Gasteiger partial charge in [0.05, 0.1) is 23.5 Å². The van der Waals surface area contributed by atoms with Crippen LogP contribution in [0.3, 0.4) is 0 Å². The first-order chi connectivity index (χ1) is 10.5. The molecule has 0 saturated heterocycles. The molecule has 3 rings (SSSR count). The molecule has 3 aromatic rings. The van der Waals surface area contributed by atoms with Crippen molar-refractivity contribution in [3.05, 3.63) is 35.5 Å². The van der Waals surface area contributed by atoms with Crippen molar-refractivity contribution in [2.24, 2.45) is 0 Å². The predicted molar refractivity (Wildman–Crippen MR) is 87.5 cm³/mol. The molecule has 114 valence electrons. The Balaban J connectivity index is 2.06. The van der Waals surface area contributed by atoms with Crippen molar-refractivity contribution in [2.45, 2.75) is 38.8 Å². The summed E-state index contributed by atoms with van der Waals surface area (Å²) in [6.45, 7) is 8.12. The number of hydrogen-bond acceptors (Lipinski definition) is 5. The number of thiol groups is 1. The molecule has 6 nitrogen and oxygen atoms in total. The first-order valence-corrected chi connectivity index (χ1v) is 7.56. The average Bonchev–Trinajstić information content (AvgIpc) is 3.08. The van der Waals surface area contributed by atoms with Gasteiger partial charge in [0.25, 0.3) is 0 Å². The summed E-state index contributed by atoms with van der Waals surface area (Å²) in [5.41, 5.74) is 4.09. The fourth-order valence-corrected chi connectivity index (χ4v) is 2.49. The molecule has 0 saturated carbocycles. The standard InChI is InChI=1S/C15H18N6S/c1-9(2)21-18-14(17-19-21)12-8-16-20(15(12)22)13-7-10(3)5-6-11(13)4/h5-9,22H,1-4H3. The third-order valence-electron chi connectivity index (χ3n) is 3.47. The highest BCUT2D eigenvalue weighted by atomic mass is 32.1. The summed E-state index contributed by atoms with van der Waals surface area (Å²) in [4.78, 5) is 1.58. The maximum absolute atomic E-state index is 4.61. The van der Waals surface area contributed by atoms with Crippen LogP contribution in [-0.4, -0.2) is 30.0 Å². The molecular weight excluding hydrogens is 296 g/mol. The summed E-state index contributed by atoms with van der Waals surface area (Å²) in [5, 5.41) is 17.7. The second-order valence-electron chi connectivity index (χ2n) is 5.61. The van der Waals surface area contributed by atoms with Crippen LogP contribution in [0.2, 0.25) is 0 Å². The van der Waals surface area contributed by atoms with Crippen molar-refractivity contribution in [3.8, 4) is 17.1 Å². The fraction of sp³-hybridized carbons (Fsp3) is 0.333. The predicted octanol–water partition coefficient (Wildman–Crippen LogP) is 3.01. The average molecular weight is 314 g/mol. The first kappa shape index (κ1) is 14.8. The quantitative estimate of drug-likeness (QED) is 0.755. The third kappa shape index (κ3) is 2.52. The van der Waals surface area contributed by atoms with Crippen LogP contribution in [0, 0.1) is 13.8 Å². The van der Waals surface area contributed by atoms with E-state index < -0.39 is 0 Å². The van der Waals surface area contributed by atoms with Crippen LogP contribution in [0.4, 0.5) is 0 Å². The smallest absolute Gasteiger partial charge is 0.209 e. The molecule has 0 atom stereocenters. The van der Waals surface area contributed by atoms with Gasteiger partial charge in [-0.25, -0.2) is 4.68 Å². The van der Waals surface area contributed by atoms with Crippen molar-refractivity contribution in [2.75, 3.05) is 0 Å². The van der Waals surface area contributed by atoms with Gasteiger partial charge in [0.1, 0.15) is 5.03 Å². The maximum atomic E-state index is 4.61. The van der Waals surface area contributed by atoms with Crippen molar-refractivity contribution < 1.29 is 0 Å². The van der Waals surface area contributed by atoms with E-state index in [1.807, 2.05) is 13.8 Å². The molecule has 7 heteroatoms. The number of aryl methyl sites for hydroxylation is 2. The highest BCUT2D eigenvalue weighted by Crippen LogP contribution is 2.27. The highest BCUT2D eigenvalue weighted by molar-refractivity contribution is 7.80. The Morgan fingerprint density at radius 1 is 1.18 bits per heavy atom. The zero-order valence-electron chi connectivity index (χ0n) is 13.0. The zero-order valence-corrected chi connectivity index (χ0v) is 13.9. The van der Waals surface area contributed by atoms with Crippen molar-refractivity contribution >= 4 is 12.6 Å². The summed E-state index contributed by atoms with van der Waals surface area (Å²) in [6.07, 6.45) is 1.73. The van der Waals surface area contributed by atoms with Gasteiger partial charge in [0.15, 0.2) is 0 Å². The minimum atomic E-state index is 0.165. The largest absolute Gasteiger partial charge is 0.226 e. The fourth-order valence-electron chi connectivity index (χ4n) is 2.18. The molecule has 0 aliphatic carbocycles. The van der Waals surface area contributed by atoms with Crippen LogP contribution < -0.4 is 0 Å². The van der Waals surface area contributed by atoms with Crippen LogP contribution in [-0.2, 0) is 0 Å². The second-order valence-corrected chi connectivity index (χ2v) is 6.03. The number of hydrogen-bond donors (Lipinski definition) is 1. The van der Waals surface area contributed by atoms with Gasteiger partial charge in [-0.1, -0.05) is 12.1 Å². The lowest BCUT2D eigenvalue weighted by molar-refractivity contribution is 0.455. The summed E-state index contributed by atoms with van der Waals surface area (Å²) in [5.74, 6) is 0.537. The Bertz CT molecular complexity index is 817. The molecule has 0 fully saturated rings. The van der Waals surface area contributed by atoms with Crippen LogP contribution in [0.25, 0.3) is 17.1 Å². The van der Waals surface area contributed by atoms with Gasteiger partial charge < -0.3 is 0 Å². The minimum absolute atomic E-state index is 0.165. The lowest BCUT2D eigenvalue weighted by Crippen LogP contribution is -2.04. The summed E-state index contributed by atoms with van der Waals surface area (Å²) >= 11 is 4.61. The molecule has 2 heterocycles. The molecule has 0 bridgehead atoms. The lowest BCUT2D eigenvalue weighted by Gasteiger charge is -2.08. The molecule has 0 spiro atoms. The first-order valence-electron chi connectivity index (χ1n) is 7.12. The molecule has 0 radical (unpaired) electrons. The molecule has 2 aromatic heterocycles. The van der Waals surface area contributed by atoms with Gasteiger partial charge >= 0.3 is 0 Å². The molecular formula is C15H18N6S. The van der Waals surface area contributed by atoms with E-state index in [2.05, 4.69) is 65.2 Å². The number of nitrogens with zero attached hydrogens (tertiary/aromatic N) is 6. The normalized spacial score (nSPS) is 11.4. The Kier molecular flexibility index (Phi) is 3.74. The molecule has 0 aliphatic heterocycles. The summed E-state index contributed by atoms with van der Waals surface area (Å²) in [7, 11) is 0. The third-order valence-corrected chi connectivity index (χ3v) is 3.90. The molecule has 0 amide bonds. The van der Waals surface area contributed by atoms with E-state index in [0.29, 0.717) is 10.9 Å². The van der Waals surface area contributed by atoms with E-state index >= 15 is 0 Å². The number of benzene rings is 1. The summed E-state index contributed by atoms with van der Waals surface area (Å²) < 4.78 is 1.80. The Morgan fingerprint density at radius 2 is 1.95 bits per heavy atom. The maximum Gasteiger partial charge on any atom is 0.209 e. The topological polar surface area (TPSA) is 61.4 Å². The van der Waals surface area contributed by atoms with Crippen LogP contribution in [0.1, 0.15) is 31.0 Å². The monoisotopic (exact) mass is 314 g/mol. The number of rotatable bonds is 3. The number of tetrazole rings is 1. The Hall–Kier alpha value is -2.15. The van der Waals surface area contributed by atoms with E-state index in [0.717, 1.165) is 16.8 Å².